The van der Waals surface area contributed by atoms with Crippen molar-refractivity contribution < 1.29 is 9.18 Å². The van der Waals surface area contributed by atoms with Crippen LogP contribution < -0.4 is 0 Å². The van der Waals surface area contributed by atoms with E-state index in [1.165, 1.54) is 6.07 Å². The highest BCUT2D eigenvalue weighted by atomic mass is 79.9. The molecule has 0 atom stereocenters. The number of benzene rings is 1. The number of carbonyl (C=O) groups excluding carboxylic acids is 1. The average Bonchev–Trinajstić information content (AvgIpc) is 2.17. The van der Waals surface area contributed by atoms with Gasteiger partial charge in [-0.2, -0.15) is 0 Å². The van der Waals surface area contributed by atoms with E-state index < -0.39 is 0 Å². The lowest BCUT2D eigenvalue weighted by molar-refractivity contribution is 0.0988. The van der Waals surface area contributed by atoms with Crippen LogP contribution in [0.15, 0.2) is 18.2 Å². The first kappa shape index (κ1) is 11.9. The van der Waals surface area contributed by atoms with E-state index in [9.17, 15) is 9.18 Å². The Hall–Kier alpha value is -0.220. The summed E-state index contributed by atoms with van der Waals surface area (Å²) in [5, 5.41) is 0.965. The molecule has 0 N–H and O–H groups in total. The topological polar surface area (TPSA) is 17.1 Å². The molecule has 0 bridgehead atoms. The van der Waals surface area contributed by atoms with Gasteiger partial charge in [0, 0.05) is 28.2 Å². The molecular formula is C10H9Br2FO. The lowest BCUT2D eigenvalue weighted by atomic mass is 10.0. The van der Waals surface area contributed by atoms with Crippen LogP contribution in [0.5, 0.6) is 0 Å². The largest absolute Gasteiger partial charge is 0.294 e. The van der Waals surface area contributed by atoms with Crippen LogP contribution in [0.25, 0.3) is 0 Å². The van der Waals surface area contributed by atoms with Gasteiger partial charge in [0.2, 0.25) is 0 Å². The molecule has 0 heterocycles. The lowest BCUT2D eigenvalue weighted by Crippen LogP contribution is -2.05. The van der Waals surface area contributed by atoms with Crippen molar-refractivity contribution in [3.05, 3.63) is 35.1 Å². The molecule has 1 nitrogen and oxygen atoms in total. The molecule has 0 spiro atoms. The molecule has 1 rings (SSSR count). The fraction of sp³-hybridized carbons (Fsp3) is 0.300. The van der Waals surface area contributed by atoms with E-state index in [1.54, 1.807) is 12.1 Å². The molecule has 0 aliphatic carbocycles. The second-order valence-corrected chi connectivity index (χ2v) is 4.12. The van der Waals surface area contributed by atoms with Crippen LogP contribution >= 0.6 is 31.9 Å². The standard InChI is InChI=1S/C10H9Br2FO/c11-5-4-10(14)7-2-1-3-9(13)8(7)6-12/h1-3H,4-6H2. The summed E-state index contributed by atoms with van der Waals surface area (Å²) in [6, 6.07) is 4.58. The van der Waals surface area contributed by atoms with Crippen LogP contribution in [0.4, 0.5) is 4.39 Å². The highest BCUT2D eigenvalue weighted by molar-refractivity contribution is 9.09. The molecule has 0 aromatic heterocycles. The SMILES string of the molecule is O=C(CCBr)c1cccc(F)c1CBr. The quantitative estimate of drug-likeness (QED) is 0.610. The predicted octanol–water partition coefficient (Wildman–Crippen LogP) is 3.69. The van der Waals surface area contributed by atoms with E-state index in [2.05, 4.69) is 31.9 Å². The van der Waals surface area contributed by atoms with Crippen molar-refractivity contribution >= 4 is 37.6 Å². The Balaban J connectivity index is 3.07. The van der Waals surface area contributed by atoms with Gasteiger partial charge in [0.05, 0.1) is 0 Å². The van der Waals surface area contributed by atoms with Crippen molar-refractivity contribution in [2.75, 3.05) is 5.33 Å². The summed E-state index contributed by atoms with van der Waals surface area (Å²) < 4.78 is 13.3. The van der Waals surface area contributed by atoms with Crippen LogP contribution in [0.2, 0.25) is 0 Å². The minimum atomic E-state index is -0.331. The second kappa shape index (κ2) is 5.61. The summed E-state index contributed by atoms with van der Waals surface area (Å²) in [5.41, 5.74) is 0.916. The molecule has 14 heavy (non-hydrogen) atoms. The number of carbonyl (C=O) groups is 1. The Morgan fingerprint density at radius 3 is 2.64 bits per heavy atom. The Bertz CT molecular complexity index is 339. The number of hydrogen-bond acceptors (Lipinski definition) is 1. The third-order valence-electron chi connectivity index (χ3n) is 1.87. The zero-order valence-corrected chi connectivity index (χ0v) is 10.6. The Labute approximate surface area is 99.0 Å². The molecule has 0 radical (unpaired) electrons. The summed E-state index contributed by atoms with van der Waals surface area (Å²) in [5.74, 6) is -0.363. The zero-order valence-electron chi connectivity index (χ0n) is 7.40. The fourth-order valence-corrected chi connectivity index (χ4v) is 2.11. The molecule has 1 aromatic rings. The molecule has 0 amide bonds. The van der Waals surface area contributed by atoms with E-state index in [0.29, 0.717) is 28.2 Å². The van der Waals surface area contributed by atoms with Crippen LogP contribution in [-0.4, -0.2) is 11.1 Å². The van der Waals surface area contributed by atoms with Crippen molar-refractivity contribution in [2.45, 2.75) is 11.8 Å². The average molecular weight is 324 g/mol. The molecule has 76 valence electrons. The molecule has 1 aromatic carbocycles. The number of Topliss-reactive ketones (excluding diaryl/α,β-unsaturated/α-hetero) is 1. The molecule has 0 aliphatic rings. The molecule has 0 unspecified atom stereocenters. The monoisotopic (exact) mass is 322 g/mol. The van der Waals surface area contributed by atoms with Gasteiger partial charge in [-0.25, -0.2) is 4.39 Å². The number of ketones is 1. The number of halogens is 3. The molecule has 0 saturated carbocycles. The van der Waals surface area contributed by atoms with Crippen molar-refractivity contribution in [3.8, 4) is 0 Å². The van der Waals surface area contributed by atoms with Crippen molar-refractivity contribution in [3.63, 3.8) is 0 Å². The molecule has 0 aliphatic heterocycles. The highest BCUT2D eigenvalue weighted by Gasteiger charge is 2.12. The first-order valence-electron chi connectivity index (χ1n) is 4.13. The lowest BCUT2D eigenvalue weighted by Gasteiger charge is -2.05. The maximum atomic E-state index is 13.3. The van der Waals surface area contributed by atoms with Crippen LogP contribution in [0.1, 0.15) is 22.3 Å². The van der Waals surface area contributed by atoms with Gasteiger partial charge in [-0.15, -0.1) is 0 Å². The van der Waals surface area contributed by atoms with E-state index in [4.69, 9.17) is 0 Å². The molecule has 4 heteroatoms. The number of alkyl halides is 2. The van der Waals surface area contributed by atoms with E-state index in [-0.39, 0.29) is 11.6 Å². The third kappa shape index (κ3) is 2.64. The number of hydrogen-bond donors (Lipinski definition) is 0. The van der Waals surface area contributed by atoms with Crippen LogP contribution in [0.3, 0.4) is 0 Å². The minimum absolute atomic E-state index is 0.0316. The first-order chi connectivity index (χ1) is 6.70. The van der Waals surface area contributed by atoms with Gasteiger partial charge in [0.25, 0.3) is 0 Å². The highest BCUT2D eigenvalue weighted by Crippen LogP contribution is 2.18. The smallest absolute Gasteiger partial charge is 0.164 e. The molecule has 0 saturated heterocycles. The van der Waals surface area contributed by atoms with Gasteiger partial charge in [0.15, 0.2) is 5.78 Å². The number of rotatable bonds is 4. The zero-order chi connectivity index (χ0) is 10.6. The van der Waals surface area contributed by atoms with E-state index in [1.807, 2.05) is 0 Å². The van der Waals surface area contributed by atoms with Crippen molar-refractivity contribution in [1.29, 1.82) is 0 Å². The third-order valence-corrected chi connectivity index (χ3v) is 2.83. The summed E-state index contributed by atoms with van der Waals surface area (Å²) in [7, 11) is 0. The van der Waals surface area contributed by atoms with Gasteiger partial charge in [0.1, 0.15) is 5.82 Å². The van der Waals surface area contributed by atoms with Gasteiger partial charge < -0.3 is 0 Å². The summed E-state index contributed by atoms with van der Waals surface area (Å²) in [4.78, 5) is 11.6. The minimum Gasteiger partial charge on any atom is -0.294 e. The Morgan fingerprint density at radius 2 is 2.07 bits per heavy atom. The summed E-state index contributed by atoms with van der Waals surface area (Å²) in [6.45, 7) is 0. The summed E-state index contributed by atoms with van der Waals surface area (Å²) in [6.07, 6.45) is 0.392. The normalized spacial score (nSPS) is 10.2. The molecule has 0 fully saturated rings. The predicted molar refractivity (Wildman–Crippen MR) is 61.8 cm³/mol. The first-order valence-corrected chi connectivity index (χ1v) is 6.37. The van der Waals surface area contributed by atoms with Crippen molar-refractivity contribution in [2.24, 2.45) is 0 Å². The van der Waals surface area contributed by atoms with Crippen LogP contribution in [0, 0.1) is 5.82 Å². The van der Waals surface area contributed by atoms with Gasteiger partial charge in [-0.3, -0.25) is 4.79 Å². The van der Waals surface area contributed by atoms with Gasteiger partial charge in [-0.05, 0) is 6.07 Å². The maximum absolute atomic E-state index is 13.3. The van der Waals surface area contributed by atoms with E-state index >= 15 is 0 Å². The second-order valence-electron chi connectivity index (χ2n) is 2.76. The fourth-order valence-electron chi connectivity index (χ4n) is 1.18. The van der Waals surface area contributed by atoms with E-state index in [0.717, 1.165) is 0 Å². The summed E-state index contributed by atoms with van der Waals surface area (Å²) >= 11 is 6.36. The Morgan fingerprint density at radius 1 is 1.36 bits per heavy atom. The molecular weight excluding hydrogens is 315 g/mol. The van der Waals surface area contributed by atoms with Crippen LogP contribution in [-0.2, 0) is 5.33 Å². The van der Waals surface area contributed by atoms with Crippen molar-refractivity contribution in [1.82, 2.24) is 0 Å². The maximum Gasteiger partial charge on any atom is 0.164 e. The van der Waals surface area contributed by atoms with Gasteiger partial charge in [-0.1, -0.05) is 44.0 Å². The van der Waals surface area contributed by atoms with Gasteiger partial charge >= 0.3 is 0 Å². The Kier molecular flexibility index (Phi) is 4.75.